The van der Waals surface area contributed by atoms with Crippen LogP contribution in [0.5, 0.6) is 0 Å². The minimum atomic E-state index is -0.233. The molecule has 3 aromatic rings. The number of benzene rings is 1. The molecule has 2 aromatic heterocycles. The molecule has 1 aliphatic heterocycles. The summed E-state index contributed by atoms with van der Waals surface area (Å²) >= 11 is 0. The zero-order chi connectivity index (χ0) is 20.1. The molecule has 0 aliphatic carbocycles. The van der Waals surface area contributed by atoms with Gasteiger partial charge in [-0.05, 0) is 49.4 Å². The van der Waals surface area contributed by atoms with Gasteiger partial charge in [0.05, 0.1) is 11.7 Å². The van der Waals surface area contributed by atoms with Crippen molar-refractivity contribution in [3.8, 4) is 11.1 Å². The molecule has 0 N–H and O–H groups in total. The molecule has 0 saturated carbocycles. The van der Waals surface area contributed by atoms with Crippen molar-refractivity contribution in [3.05, 3.63) is 78.4 Å². The lowest BCUT2D eigenvalue weighted by atomic mass is 10.1. The first-order valence-corrected chi connectivity index (χ1v) is 9.96. The van der Waals surface area contributed by atoms with Gasteiger partial charge in [-0.2, -0.15) is 0 Å². The van der Waals surface area contributed by atoms with Crippen molar-refractivity contribution in [2.24, 2.45) is 0 Å². The average Bonchev–Trinajstić information content (AvgIpc) is 3.26. The first kappa shape index (κ1) is 19.2. The highest BCUT2D eigenvalue weighted by Crippen LogP contribution is 2.32. The van der Waals surface area contributed by atoms with Gasteiger partial charge >= 0.3 is 0 Å². The van der Waals surface area contributed by atoms with Crippen LogP contribution in [0.25, 0.3) is 11.1 Å². The Labute approximate surface area is 169 Å². The summed E-state index contributed by atoms with van der Waals surface area (Å²) in [4.78, 5) is 27.4. The van der Waals surface area contributed by atoms with Crippen LogP contribution in [0.15, 0.2) is 61.3 Å². The van der Waals surface area contributed by atoms with E-state index in [4.69, 9.17) is 0 Å². The number of carbonyl (C=O) groups is 1. The summed E-state index contributed by atoms with van der Waals surface area (Å²) in [6.07, 6.45) is 10.8. The van der Waals surface area contributed by atoms with E-state index in [2.05, 4.69) is 15.0 Å². The van der Waals surface area contributed by atoms with E-state index in [0.717, 1.165) is 54.6 Å². The van der Waals surface area contributed by atoms with Crippen molar-refractivity contribution in [2.45, 2.75) is 38.1 Å². The fourth-order valence-electron chi connectivity index (χ4n) is 3.83. The molecule has 6 heteroatoms. The summed E-state index contributed by atoms with van der Waals surface area (Å²) in [5.74, 6) is -0.0695. The van der Waals surface area contributed by atoms with Gasteiger partial charge in [0.25, 0.3) is 0 Å². The lowest BCUT2D eigenvalue weighted by Crippen LogP contribution is -2.30. The Hall–Kier alpha value is -3.15. The molecule has 0 bridgehead atoms. The molecule has 1 amide bonds. The number of aryl methyl sites for hydroxylation is 1. The van der Waals surface area contributed by atoms with Crippen LogP contribution in [-0.4, -0.2) is 32.3 Å². The number of hydrogen-bond acceptors (Lipinski definition) is 4. The largest absolute Gasteiger partial charge is 0.334 e. The Morgan fingerprint density at radius 1 is 1.03 bits per heavy atom. The lowest BCUT2D eigenvalue weighted by molar-refractivity contribution is -0.132. The molecule has 1 aliphatic rings. The van der Waals surface area contributed by atoms with E-state index in [-0.39, 0.29) is 17.8 Å². The van der Waals surface area contributed by atoms with Crippen LogP contribution in [0.4, 0.5) is 4.39 Å². The van der Waals surface area contributed by atoms with Gasteiger partial charge in [-0.15, -0.1) is 0 Å². The predicted octanol–water partition coefficient (Wildman–Crippen LogP) is 4.36. The van der Waals surface area contributed by atoms with E-state index in [1.807, 2.05) is 23.2 Å². The molecular weight excluding hydrogens is 367 g/mol. The smallest absolute Gasteiger partial charge is 0.223 e. The molecule has 5 nitrogen and oxygen atoms in total. The number of likely N-dealkylation sites (tertiary alicyclic amines) is 1. The average molecular weight is 390 g/mol. The molecule has 0 radical (unpaired) electrons. The van der Waals surface area contributed by atoms with Crippen LogP contribution >= 0.6 is 0 Å². The Balaban J connectivity index is 1.36. The van der Waals surface area contributed by atoms with Crippen LogP contribution in [0, 0.1) is 5.82 Å². The molecule has 29 heavy (non-hydrogen) atoms. The van der Waals surface area contributed by atoms with Gasteiger partial charge in [0.1, 0.15) is 12.1 Å². The highest BCUT2D eigenvalue weighted by molar-refractivity contribution is 5.77. The van der Waals surface area contributed by atoms with Crippen molar-refractivity contribution in [1.82, 2.24) is 19.9 Å². The molecule has 1 saturated heterocycles. The van der Waals surface area contributed by atoms with Gasteiger partial charge in [0.2, 0.25) is 5.91 Å². The molecule has 4 rings (SSSR count). The maximum absolute atomic E-state index is 13.0. The third-order valence-corrected chi connectivity index (χ3v) is 5.36. The van der Waals surface area contributed by atoms with Crippen LogP contribution < -0.4 is 0 Å². The first-order chi connectivity index (χ1) is 14.2. The van der Waals surface area contributed by atoms with Crippen LogP contribution in [0.1, 0.15) is 43.0 Å². The summed E-state index contributed by atoms with van der Waals surface area (Å²) in [6.45, 7) is 0.774. The van der Waals surface area contributed by atoms with Gasteiger partial charge in [-0.1, -0.05) is 18.2 Å². The Morgan fingerprint density at radius 2 is 1.83 bits per heavy atom. The second-order valence-electron chi connectivity index (χ2n) is 7.32. The van der Waals surface area contributed by atoms with Crippen LogP contribution in [0.2, 0.25) is 0 Å². The first-order valence-electron chi connectivity index (χ1n) is 9.96. The minimum Gasteiger partial charge on any atom is -0.334 e. The van der Waals surface area contributed by atoms with E-state index >= 15 is 0 Å². The zero-order valence-corrected chi connectivity index (χ0v) is 16.2. The third-order valence-electron chi connectivity index (χ3n) is 5.36. The molecule has 1 fully saturated rings. The molecule has 0 unspecified atom stereocenters. The van der Waals surface area contributed by atoms with Crippen LogP contribution in [0.3, 0.4) is 0 Å². The van der Waals surface area contributed by atoms with Gasteiger partial charge in [-0.3, -0.25) is 9.78 Å². The number of rotatable bonds is 6. The highest BCUT2D eigenvalue weighted by atomic mass is 19.1. The maximum Gasteiger partial charge on any atom is 0.223 e. The SMILES string of the molecule is O=C(CCCc1ccc(F)cc1)N1CCC[C@@H]1c1ccc(-c2cncnc2)cn1. The van der Waals surface area contributed by atoms with E-state index < -0.39 is 0 Å². The summed E-state index contributed by atoms with van der Waals surface area (Å²) in [7, 11) is 0. The van der Waals surface area contributed by atoms with Gasteiger partial charge in [0, 0.05) is 42.7 Å². The number of carbonyl (C=O) groups excluding carboxylic acids is 1. The summed E-state index contributed by atoms with van der Waals surface area (Å²) in [6, 6.07) is 10.5. The van der Waals surface area contributed by atoms with Crippen LogP contribution in [-0.2, 0) is 11.2 Å². The highest BCUT2D eigenvalue weighted by Gasteiger charge is 2.30. The predicted molar refractivity (Wildman–Crippen MR) is 108 cm³/mol. The van der Waals surface area contributed by atoms with Gasteiger partial charge in [-0.25, -0.2) is 14.4 Å². The quantitative estimate of drug-likeness (QED) is 0.627. The van der Waals surface area contributed by atoms with Gasteiger partial charge < -0.3 is 4.90 Å². The standard InChI is InChI=1S/C23H23FN4O/c24-20-9-6-17(7-10-20)3-1-5-23(29)28-12-2-4-22(28)21-11-8-18(15-27-21)19-13-25-16-26-14-19/h6-11,13-16,22H,1-5,12H2/t22-/m1/s1. The fraction of sp³-hybridized carbons (Fsp3) is 0.304. The third kappa shape index (κ3) is 4.65. The van der Waals surface area contributed by atoms with E-state index in [1.165, 1.54) is 18.5 Å². The lowest BCUT2D eigenvalue weighted by Gasteiger charge is -2.24. The van der Waals surface area contributed by atoms with E-state index in [0.29, 0.717) is 6.42 Å². The molecule has 0 spiro atoms. The Kier molecular flexibility index (Phi) is 5.89. The Morgan fingerprint density at radius 3 is 2.55 bits per heavy atom. The Bertz CT molecular complexity index is 945. The van der Waals surface area contributed by atoms with Crippen molar-refractivity contribution in [2.75, 3.05) is 6.54 Å². The summed E-state index contributed by atoms with van der Waals surface area (Å²) < 4.78 is 13.0. The van der Waals surface area contributed by atoms with Crippen molar-refractivity contribution in [1.29, 1.82) is 0 Å². The van der Waals surface area contributed by atoms with Crippen molar-refractivity contribution < 1.29 is 9.18 Å². The molecule has 1 aromatic carbocycles. The fourth-order valence-corrected chi connectivity index (χ4v) is 3.83. The number of hydrogen-bond donors (Lipinski definition) is 0. The molecule has 1 atom stereocenters. The number of aromatic nitrogens is 3. The molecule has 148 valence electrons. The molecular formula is C23H23FN4O. The normalized spacial score (nSPS) is 16.2. The minimum absolute atomic E-state index is 0.0365. The molecule has 3 heterocycles. The number of nitrogens with zero attached hydrogens (tertiary/aromatic N) is 4. The number of halogens is 1. The van der Waals surface area contributed by atoms with E-state index in [1.54, 1.807) is 24.5 Å². The zero-order valence-electron chi connectivity index (χ0n) is 16.2. The van der Waals surface area contributed by atoms with Gasteiger partial charge in [0.15, 0.2) is 0 Å². The second-order valence-corrected chi connectivity index (χ2v) is 7.32. The van der Waals surface area contributed by atoms with Crippen molar-refractivity contribution >= 4 is 5.91 Å². The summed E-state index contributed by atoms with van der Waals surface area (Å²) in [5.41, 5.74) is 3.87. The van der Waals surface area contributed by atoms with E-state index in [9.17, 15) is 9.18 Å². The topological polar surface area (TPSA) is 59.0 Å². The van der Waals surface area contributed by atoms with Crippen molar-refractivity contribution in [3.63, 3.8) is 0 Å². The second kappa shape index (κ2) is 8.90. The summed E-state index contributed by atoms with van der Waals surface area (Å²) in [5, 5.41) is 0. The number of pyridine rings is 1. The maximum atomic E-state index is 13.0. The number of amides is 1. The monoisotopic (exact) mass is 390 g/mol.